The number of benzene rings is 2. The van der Waals surface area contributed by atoms with Crippen molar-refractivity contribution in [1.29, 1.82) is 0 Å². The molecular formula is C30H37FN4O6. The first-order valence-electron chi connectivity index (χ1n) is 14.2. The third kappa shape index (κ3) is 6.79. The summed E-state index contributed by atoms with van der Waals surface area (Å²) < 4.78 is 25.6. The summed E-state index contributed by atoms with van der Waals surface area (Å²) in [6.07, 6.45) is 0.429. The molecule has 0 unspecified atom stereocenters. The fourth-order valence-corrected chi connectivity index (χ4v) is 5.57. The summed E-state index contributed by atoms with van der Waals surface area (Å²) in [5, 5.41) is 19.1. The smallest absolute Gasteiger partial charge is 0.322 e. The number of carbonyl (C=O) groups excluding carboxylic acids is 3. The zero-order chi connectivity index (χ0) is 29.1. The molecule has 10 nitrogen and oxygen atoms in total. The Bertz CT molecular complexity index is 1270. The molecular weight excluding hydrogens is 531 g/mol. The van der Waals surface area contributed by atoms with Crippen LogP contribution >= 0.6 is 0 Å². The van der Waals surface area contributed by atoms with Crippen LogP contribution in [0.15, 0.2) is 42.5 Å². The van der Waals surface area contributed by atoms with Crippen LogP contribution in [0.2, 0.25) is 0 Å². The number of carbonyl (C=O) groups is 3. The van der Waals surface area contributed by atoms with E-state index in [0.29, 0.717) is 42.9 Å². The predicted octanol–water partition coefficient (Wildman–Crippen LogP) is 3.16. The van der Waals surface area contributed by atoms with E-state index in [1.165, 1.54) is 29.2 Å². The Morgan fingerprint density at radius 2 is 1.90 bits per heavy atom. The molecule has 0 spiro atoms. The van der Waals surface area contributed by atoms with E-state index in [9.17, 15) is 23.9 Å². The molecule has 0 aromatic heterocycles. The maximum absolute atomic E-state index is 13.5. The summed E-state index contributed by atoms with van der Waals surface area (Å²) in [5.41, 5.74) is 1.78. The molecule has 5 atom stereocenters. The van der Waals surface area contributed by atoms with Gasteiger partial charge in [0.2, 0.25) is 5.91 Å². The van der Waals surface area contributed by atoms with Crippen molar-refractivity contribution in [2.75, 3.05) is 25.0 Å². The van der Waals surface area contributed by atoms with Crippen LogP contribution in [-0.4, -0.2) is 77.9 Å². The number of halogens is 1. The Hall–Kier alpha value is -3.70. The first-order chi connectivity index (χ1) is 19.7. The van der Waals surface area contributed by atoms with Crippen LogP contribution in [0.1, 0.15) is 61.4 Å². The maximum Gasteiger partial charge on any atom is 0.322 e. The second kappa shape index (κ2) is 12.4. The van der Waals surface area contributed by atoms with Crippen LogP contribution < -0.4 is 20.7 Å². The van der Waals surface area contributed by atoms with Crippen LogP contribution in [0, 0.1) is 5.82 Å². The summed E-state index contributed by atoms with van der Waals surface area (Å²) in [6, 6.07) is 8.89. The molecule has 3 aliphatic rings. The van der Waals surface area contributed by atoms with Gasteiger partial charge in [0.15, 0.2) is 0 Å². The van der Waals surface area contributed by atoms with Gasteiger partial charge in [0.1, 0.15) is 23.7 Å². The molecule has 0 saturated carbocycles. The zero-order valence-electron chi connectivity index (χ0n) is 23.3. The number of nitrogens with one attached hydrogen (secondary N) is 3. The Morgan fingerprint density at radius 1 is 1.12 bits per heavy atom. The maximum atomic E-state index is 13.5. The highest BCUT2D eigenvalue weighted by Gasteiger charge is 2.41. The third-order valence-corrected chi connectivity index (χ3v) is 7.97. The average Bonchev–Trinajstić information content (AvgIpc) is 3.37. The first-order valence-corrected chi connectivity index (χ1v) is 14.2. The molecule has 0 radical (unpaired) electrons. The minimum atomic E-state index is -0.885. The van der Waals surface area contributed by atoms with Gasteiger partial charge in [-0.1, -0.05) is 19.9 Å². The number of hydrogen-bond donors (Lipinski definition) is 4. The number of hydrogen-bond acceptors (Lipinski definition) is 6. The van der Waals surface area contributed by atoms with Gasteiger partial charge in [0, 0.05) is 31.2 Å². The average molecular weight is 569 g/mol. The summed E-state index contributed by atoms with van der Waals surface area (Å²) in [4.78, 5) is 41.5. The Labute approximate surface area is 238 Å². The van der Waals surface area contributed by atoms with Crippen LogP contribution in [0.25, 0.3) is 0 Å². The molecule has 41 heavy (non-hydrogen) atoms. The van der Waals surface area contributed by atoms with E-state index in [1.807, 2.05) is 12.1 Å². The molecule has 0 aliphatic carbocycles. The lowest BCUT2D eigenvalue weighted by molar-refractivity contribution is -0.133. The number of fused-ring (bicyclic) bond motifs is 5. The van der Waals surface area contributed by atoms with Gasteiger partial charge < -0.3 is 35.4 Å². The number of ether oxygens (including phenoxy) is 2. The lowest BCUT2D eigenvalue weighted by Gasteiger charge is -2.34. The van der Waals surface area contributed by atoms with Crippen molar-refractivity contribution in [1.82, 2.24) is 15.5 Å². The molecule has 2 fully saturated rings. The van der Waals surface area contributed by atoms with Crippen molar-refractivity contribution >= 4 is 23.5 Å². The van der Waals surface area contributed by atoms with E-state index in [2.05, 4.69) is 29.8 Å². The first kappa shape index (κ1) is 28.8. The second-order valence-corrected chi connectivity index (χ2v) is 11.2. The van der Waals surface area contributed by atoms with Gasteiger partial charge in [-0.15, -0.1) is 0 Å². The molecule has 4 N–H and O–H groups in total. The van der Waals surface area contributed by atoms with Crippen molar-refractivity contribution in [2.24, 2.45) is 0 Å². The van der Waals surface area contributed by atoms with E-state index in [4.69, 9.17) is 9.47 Å². The Morgan fingerprint density at radius 3 is 2.66 bits per heavy atom. The second-order valence-electron chi connectivity index (χ2n) is 11.2. The fourth-order valence-electron chi connectivity index (χ4n) is 5.57. The van der Waals surface area contributed by atoms with E-state index in [-0.39, 0.29) is 37.4 Å². The van der Waals surface area contributed by atoms with Crippen molar-refractivity contribution in [2.45, 2.75) is 75.8 Å². The van der Waals surface area contributed by atoms with Crippen molar-refractivity contribution in [3.8, 4) is 5.75 Å². The topological polar surface area (TPSA) is 129 Å². The minimum absolute atomic E-state index is 0.0822. The van der Waals surface area contributed by atoms with Gasteiger partial charge >= 0.3 is 6.03 Å². The quantitative estimate of drug-likeness (QED) is 0.441. The highest BCUT2D eigenvalue weighted by atomic mass is 19.1. The summed E-state index contributed by atoms with van der Waals surface area (Å²) >= 11 is 0. The molecule has 5 rings (SSSR count). The molecule has 4 amide bonds. The van der Waals surface area contributed by atoms with Gasteiger partial charge in [0.05, 0.1) is 24.4 Å². The van der Waals surface area contributed by atoms with Crippen LogP contribution in [0.4, 0.5) is 14.9 Å². The normalized spacial score (nSPS) is 27.0. The van der Waals surface area contributed by atoms with Gasteiger partial charge in [0.25, 0.3) is 5.91 Å². The molecule has 4 bridgehead atoms. The highest BCUT2D eigenvalue weighted by molar-refractivity contribution is 5.98. The number of aliphatic hydroxyl groups excluding tert-OH is 1. The lowest BCUT2D eigenvalue weighted by atomic mass is 9.99. The van der Waals surface area contributed by atoms with E-state index in [1.54, 1.807) is 6.07 Å². The van der Waals surface area contributed by atoms with Crippen LogP contribution in [-0.2, 0) is 9.53 Å². The summed E-state index contributed by atoms with van der Waals surface area (Å²) in [7, 11) is 0. The van der Waals surface area contributed by atoms with Crippen LogP contribution in [0.5, 0.6) is 5.75 Å². The Balaban J connectivity index is 1.42. The number of anilines is 1. The van der Waals surface area contributed by atoms with E-state index >= 15 is 0 Å². The molecule has 2 saturated heterocycles. The van der Waals surface area contributed by atoms with Crippen molar-refractivity contribution < 1.29 is 33.4 Å². The Kier molecular flexibility index (Phi) is 8.74. The van der Waals surface area contributed by atoms with Gasteiger partial charge in [-0.3, -0.25) is 9.59 Å². The third-order valence-electron chi connectivity index (χ3n) is 7.97. The van der Waals surface area contributed by atoms with E-state index < -0.39 is 42.0 Å². The molecule has 3 heterocycles. The van der Waals surface area contributed by atoms with Crippen LogP contribution in [0.3, 0.4) is 0 Å². The molecule has 2 aromatic carbocycles. The van der Waals surface area contributed by atoms with E-state index in [0.717, 1.165) is 5.56 Å². The number of nitrogens with zero attached hydrogens (tertiary/aromatic N) is 1. The fraction of sp³-hybridized carbons (Fsp3) is 0.500. The number of likely N-dealkylation sites (tertiary alicyclic amines) is 1. The summed E-state index contributed by atoms with van der Waals surface area (Å²) in [5.74, 6) is -0.506. The number of amides is 4. The highest BCUT2D eigenvalue weighted by Crippen LogP contribution is 2.28. The minimum Gasteiger partial charge on any atom is -0.493 e. The number of urea groups is 1. The molecule has 3 aliphatic heterocycles. The largest absolute Gasteiger partial charge is 0.493 e. The lowest BCUT2D eigenvalue weighted by Crippen LogP contribution is -2.51. The zero-order valence-corrected chi connectivity index (χ0v) is 23.3. The summed E-state index contributed by atoms with van der Waals surface area (Å²) in [6.45, 7) is 4.62. The molecule has 220 valence electrons. The predicted molar refractivity (Wildman–Crippen MR) is 149 cm³/mol. The van der Waals surface area contributed by atoms with Gasteiger partial charge in [-0.05, 0) is 67.1 Å². The molecule has 2 aromatic rings. The number of rotatable bonds is 2. The van der Waals surface area contributed by atoms with Gasteiger partial charge in [-0.25, -0.2) is 9.18 Å². The number of aliphatic hydroxyl groups is 1. The monoisotopic (exact) mass is 568 g/mol. The van der Waals surface area contributed by atoms with Gasteiger partial charge in [-0.2, -0.15) is 0 Å². The standard InChI is InChI=1S/C30H37FN4O6/c1-17(2)18-3-9-23-26(13-18)40-12-11-22-8-10-25(36)27(41-22)15-32-29(38)24-14-21(33-28(23)37)16-35(24)30(39)34-20-6-4-19(31)5-7-20/h3-7,9,13,17,21-22,24-25,27,36H,8,10-12,14-16H2,1-2H3,(H,32,38)(H,33,37)(H,34,39)/t21-,22-,24-,25-,27+/m0/s1. The van der Waals surface area contributed by atoms with Crippen molar-refractivity contribution in [3.63, 3.8) is 0 Å². The van der Waals surface area contributed by atoms with Crippen molar-refractivity contribution in [3.05, 3.63) is 59.4 Å². The SMILES string of the molecule is CC(C)c1ccc2c(c1)OCC[C@@H]1CC[C@H](O)[C@@H](CNC(=O)[C@@H]3C[C@@H](CN3C(=O)Nc3ccc(F)cc3)NC2=O)O1. The molecule has 11 heteroatoms.